The average molecular weight is 450 g/mol. The van der Waals surface area contributed by atoms with Crippen LogP contribution in [0.4, 0.5) is 0 Å². The summed E-state index contributed by atoms with van der Waals surface area (Å²) >= 11 is 23.8. The maximum absolute atomic E-state index is 11.9. The molecule has 0 fully saturated rings. The van der Waals surface area contributed by atoms with Crippen LogP contribution >= 0.6 is 46.4 Å². The van der Waals surface area contributed by atoms with E-state index in [1.165, 1.54) is 0 Å². The van der Waals surface area contributed by atoms with Gasteiger partial charge in [-0.3, -0.25) is 9.59 Å². The molecule has 0 aliphatic carbocycles. The van der Waals surface area contributed by atoms with Gasteiger partial charge >= 0.3 is 11.9 Å². The predicted octanol–water partition coefficient (Wildman–Crippen LogP) is 6.76. The van der Waals surface area contributed by atoms with Gasteiger partial charge in [-0.1, -0.05) is 65.0 Å². The Labute approximate surface area is 177 Å². The van der Waals surface area contributed by atoms with E-state index in [1.807, 2.05) is 0 Å². The van der Waals surface area contributed by atoms with Crippen LogP contribution in [0.15, 0.2) is 36.4 Å². The third kappa shape index (κ3) is 6.89. The predicted molar refractivity (Wildman–Crippen MR) is 107 cm³/mol. The molecule has 0 aliphatic rings. The number of carbonyl (C=O) groups is 2. The first-order chi connectivity index (χ1) is 12.9. The lowest BCUT2D eigenvalue weighted by molar-refractivity contribution is -0.134. The van der Waals surface area contributed by atoms with E-state index in [-0.39, 0.29) is 44.4 Å². The molecule has 2 rings (SSSR count). The summed E-state index contributed by atoms with van der Waals surface area (Å²) in [7, 11) is 0. The summed E-state index contributed by atoms with van der Waals surface area (Å²) in [4.78, 5) is 23.7. The van der Waals surface area contributed by atoms with E-state index in [0.717, 1.165) is 0 Å². The minimum Gasteiger partial charge on any atom is -0.423 e. The highest BCUT2D eigenvalue weighted by atomic mass is 35.5. The first kappa shape index (κ1) is 21.8. The second-order valence-corrected chi connectivity index (χ2v) is 7.24. The number of carbonyl (C=O) groups excluding carboxylic acids is 2. The lowest BCUT2D eigenvalue weighted by atomic mass is 10.1. The molecule has 2 aromatic rings. The van der Waals surface area contributed by atoms with Gasteiger partial charge in [0.15, 0.2) is 11.5 Å². The molecule has 2 aromatic carbocycles. The van der Waals surface area contributed by atoms with Crippen molar-refractivity contribution in [1.29, 1.82) is 0 Å². The smallest absolute Gasteiger partial charge is 0.311 e. The Kier molecular flexibility index (Phi) is 8.71. The molecule has 0 amide bonds. The van der Waals surface area contributed by atoms with E-state index in [2.05, 4.69) is 0 Å². The molecule has 0 saturated heterocycles. The molecule has 0 unspecified atom stereocenters. The topological polar surface area (TPSA) is 52.6 Å². The van der Waals surface area contributed by atoms with Crippen molar-refractivity contribution in [3.63, 3.8) is 0 Å². The Morgan fingerprint density at radius 2 is 0.963 bits per heavy atom. The number of unbranched alkanes of at least 4 members (excludes halogenated alkanes) is 2. The van der Waals surface area contributed by atoms with Crippen LogP contribution in [-0.4, -0.2) is 11.9 Å². The zero-order chi connectivity index (χ0) is 19.8. The third-order valence-electron chi connectivity index (χ3n) is 3.53. The SMILES string of the molecule is O=C(CCCCCC(=O)Oc1c(Cl)cccc1Cl)Oc1c(Cl)cccc1Cl. The van der Waals surface area contributed by atoms with Gasteiger partial charge in [0.25, 0.3) is 0 Å². The van der Waals surface area contributed by atoms with Gasteiger partial charge in [0.05, 0.1) is 20.1 Å². The number of halogens is 4. The van der Waals surface area contributed by atoms with Crippen molar-refractivity contribution >= 4 is 58.3 Å². The summed E-state index contributed by atoms with van der Waals surface area (Å²) in [5.74, 6) is -0.553. The highest BCUT2D eigenvalue weighted by Crippen LogP contribution is 2.33. The van der Waals surface area contributed by atoms with E-state index >= 15 is 0 Å². The summed E-state index contributed by atoms with van der Waals surface area (Å²) < 4.78 is 10.4. The number of rotatable bonds is 8. The number of ether oxygens (including phenoxy) is 2. The van der Waals surface area contributed by atoms with Gasteiger partial charge in [-0.15, -0.1) is 0 Å². The third-order valence-corrected chi connectivity index (χ3v) is 4.72. The summed E-state index contributed by atoms with van der Waals surface area (Å²) in [6, 6.07) is 9.69. The van der Waals surface area contributed by atoms with Crippen molar-refractivity contribution in [2.24, 2.45) is 0 Å². The summed E-state index contributed by atoms with van der Waals surface area (Å²) in [5.41, 5.74) is 0. The number of hydrogen-bond acceptors (Lipinski definition) is 4. The van der Waals surface area contributed by atoms with Crippen LogP contribution in [0.3, 0.4) is 0 Å². The molecule has 0 N–H and O–H groups in total. The van der Waals surface area contributed by atoms with E-state index in [4.69, 9.17) is 55.9 Å². The zero-order valence-electron chi connectivity index (χ0n) is 14.1. The zero-order valence-corrected chi connectivity index (χ0v) is 17.2. The van der Waals surface area contributed by atoms with Crippen molar-refractivity contribution < 1.29 is 19.1 Å². The molecule has 8 heteroatoms. The minimum absolute atomic E-state index is 0.158. The maximum atomic E-state index is 11.9. The van der Waals surface area contributed by atoms with E-state index < -0.39 is 11.9 Å². The van der Waals surface area contributed by atoms with Crippen molar-refractivity contribution in [1.82, 2.24) is 0 Å². The van der Waals surface area contributed by atoms with Crippen molar-refractivity contribution in [3.05, 3.63) is 56.5 Å². The molecule has 0 atom stereocenters. The largest absolute Gasteiger partial charge is 0.423 e. The van der Waals surface area contributed by atoms with Crippen LogP contribution in [0.25, 0.3) is 0 Å². The maximum Gasteiger partial charge on any atom is 0.311 e. The van der Waals surface area contributed by atoms with Gasteiger partial charge in [0.1, 0.15) is 0 Å². The van der Waals surface area contributed by atoms with Crippen LogP contribution in [0, 0.1) is 0 Å². The van der Waals surface area contributed by atoms with Gasteiger partial charge < -0.3 is 9.47 Å². The molecule has 144 valence electrons. The Morgan fingerprint density at radius 1 is 0.630 bits per heavy atom. The van der Waals surface area contributed by atoms with Gasteiger partial charge in [0, 0.05) is 12.8 Å². The molecule has 0 bridgehead atoms. The molecular formula is C19H16Cl4O4. The number of hydrogen-bond donors (Lipinski definition) is 0. The first-order valence-corrected chi connectivity index (χ1v) is 9.69. The summed E-state index contributed by atoms with van der Waals surface area (Å²) in [6.45, 7) is 0. The highest BCUT2D eigenvalue weighted by Gasteiger charge is 2.13. The summed E-state index contributed by atoms with van der Waals surface area (Å²) in [6.07, 6.45) is 2.14. The van der Waals surface area contributed by atoms with Crippen molar-refractivity contribution in [2.45, 2.75) is 32.1 Å². The molecular weight excluding hydrogens is 434 g/mol. The van der Waals surface area contributed by atoms with E-state index in [1.54, 1.807) is 36.4 Å². The molecule has 4 nitrogen and oxygen atoms in total. The second-order valence-electron chi connectivity index (χ2n) is 5.61. The monoisotopic (exact) mass is 448 g/mol. The van der Waals surface area contributed by atoms with Crippen molar-refractivity contribution in [2.75, 3.05) is 0 Å². The molecule has 27 heavy (non-hydrogen) atoms. The van der Waals surface area contributed by atoms with Crippen LogP contribution in [-0.2, 0) is 9.59 Å². The quantitative estimate of drug-likeness (QED) is 0.253. The van der Waals surface area contributed by atoms with Gasteiger partial charge in [-0.25, -0.2) is 0 Å². The Bertz CT molecular complexity index is 715. The molecule has 0 heterocycles. The fraction of sp³-hybridized carbons (Fsp3) is 0.263. The molecule has 0 spiro atoms. The highest BCUT2D eigenvalue weighted by molar-refractivity contribution is 6.37. The molecule has 0 aliphatic heterocycles. The van der Waals surface area contributed by atoms with E-state index in [9.17, 15) is 9.59 Å². The Balaban J connectivity index is 1.68. The van der Waals surface area contributed by atoms with E-state index in [0.29, 0.717) is 19.3 Å². The van der Waals surface area contributed by atoms with Crippen LogP contribution in [0.5, 0.6) is 11.5 Å². The number of para-hydroxylation sites is 2. The Hall–Kier alpha value is -1.46. The lowest BCUT2D eigenvalue weighted by Gasteiger charge is -2.08. The summed E-state index contributed by atoms with van der Waals surface area (Å²) in [5, 5.41) is 1.10. The normalized spacial score (nSPS) is 10.5. The molecule has 0 aromatic heterocycles. The fourth-order valence-corrected chi connectivity index (χ4v) is 3.15. The number of benzene rings is 2. The van der Waals surface area contributed by atoms with Crippen LogP contribution < -0.4 is 9.47 Å². The van der Waals surface area contributed by atoms with Crippen molar-refractivity contribution in [3.8, 4) is 11.5 Å². The van der Waals surface area contributed by atoms with Crippen LogP contribution in [0.2, 0.25) is 20.1 Å². The van der Waals surface area contributed by atoms with Gasteiger partial charge in [-0.05, 0) is 37.1 Å². The van der Waals surface area contributed by atoms with Gasteiger partial charge in [-0.2, -0.15) is 0 Å². The average Bonchev–Trinajstić information content (AvgIpc) is 2.61. The molecule has 0 radical (unpaired) electrons. The Morgan fingerprint density at radius 3 is 1.30 bits per heavy atom. The second kappa shape index (κ2) is 10.8. The van der Waals surface area contributed by atoms with Gasteiger partial charge in [0.2, 0.25) is 0 Å². The standard InChI is InChI=1S/C19H16Cl4O4/c20-12-6-4-7-13(21)18(12)26-16(24)10-2-1-3-11-17(25)27-19-14(22)8-5-9-15(19)23/h4-9H,1-3,10-11H2. The minimum atomic E-state index is -0.435. The fourth-order valence-electron chi connectivity index (χ4n) is 2.21. The molecule has 0 saturated carbocycles. The lowest BCUT2D eigenvalue weighted by Crippen LogP contribution is -2.09. The van der Waals surface area contributed by atoms with Crippen LogP contribution in [0.1, 0.15) is 32.1 Å². The number of esters is 2. The first-order valence-electron chi connectivity index (χ1n) is 8.18.